The number of carbonyl (C=O) groups excluding carboxylic acids is 1. The number of carboxylic acid groups (broad SMARTS) is 1. The quantitative estimate of drug-likeness (QED) is 0.220. The van der Waals surface area contributed by atoms with E-state index in [2.05, 4.69) is 20.8 Å². The van der Waals surface area contributed by atoms with Gasteiger partial charge in [-0.25, -0.2) is 0 Å². The third kappa shape index (κ3) is 5.90. The van der Waals surface area contributed by atoms with Crippen LogP contribution < -0.4 is 5.30 Å². The van der Waals surface area contributed by atoms with Gasteiger partial charge in [-0.05, 0) is 0 Å². The molecule has 0 heterocycles. The van der Waals surface area contributed by atoms with E-state index in [0.29, 0.717) is 23.8 Å². The Kier molecular flexibility index (Phi) is 9.52. The zero-order chi connectivity index (χ0) is 25.4. The maximum absolute atomic E-state index is 13.8. The topological polar surface area (TPSA) is 104 Å². The summed E-state index contributed by atoms with van der Waals surface area (Å²) < 4.78 is 6.64. The summed E-state index contributed by atoms with van der Waals surface area (Å²) >= 11 is 0. The molecule has 0 atom stereocenters. The Morgan fingerprint density at radius 3 is 1.88 bits per heavy atom. The van der Waals surface area contributed by atoms with E-state index < -0.39 is 18.8 Å². The zero-order valence-electron chi connectivity index (χ0n) is 20.8. The SMILES string of the molecule is CCCCP(CCCC)(CCCC)(OC(=O)c1cc(C)ccc1C(=O)O)c1cc(O)ccc1O. The molecule has 2 aromatic carbocycles. The molecule has 2 rings (SSSR count). The molecule has 6 nitrogen and oxygen atoms in total. The number of phenols is 2. The van der Waals surface area contributed by atoms with Gasteiger partial charge in [-0.2, -0.15) is 0 Å². The molecule has 0 bridgehead atoms. The van der Waals surface area contributed by atoms with Crippen molar-refractivity contribution in [2.45, 2.75) is 66.2 Å². The molecular weight excluding hydrogens is 451 g/mol. The minimum atomic E-state index is -3.65. The summed E-state index contributed by atoms with van der Waals surface area (Å²) in [6.45, 7) is 4.35. The number of aromatic hydroxyl groups is 2. The van der Waals surface area contributed by atoms with Crippen LogP contribution in [-0.4, -0.2) is 45.7 Å². The zero-order valence-corrected chi connectivity index (χ0v) is 21.7. The number of unbranched alkanes of at least 4 members (excludes halogenated alkanes) is 3. The Morgan fingerprint density at radius 2 is 1.38 bits per heavy atom. The molecule has 34 heavy (non-hydrogen) atoms. The van der Waals surface area contributed by atoms with Gasteiger partial charge >= 0.3 is 203 Å². The van der Waals surface area contributed by atoms with E-state index >= 15 is 0 Å². The van der Waals surface area contributed by atoms with Crippen molar-refractivity contribution in [3.63, 3.8) is 0 Å². The molecule has 0 saturated carbocycles. The number of carboxylic acids is 1. The van der Waals surface area contributed by atoms with Gasteiger partial charge in [-0.1, -0.05) is 0 Å². The number of rotatable bonds is 13. The van der Waals surface area contributed by atoms with Crippen LogP contribution in [0.4, 0.5) is 0 Å². The van der Waals surface area contributed by atoms with Crippen LogP contribution in [0.15, 0.2) is 36.4 Å². The molecule has 0 fully saturated rings. The van der Waals surface area contributed by atoms with Crippen molar-refractivity contribution in [3.05, 3.63) is 53.1 Å². The van der Waals surface area contributed by atoms with Crippen LogP contribution in [-0.2, 0) is 4.52 Å². The molecule has 3 N–H and O–H groups in total. The molecule has 0 amide bonds. The average molecular weight is 491 g/mol. The van der Waals surface area contributed by atoms with Crippen LogP contribution in [0.3, 0.4) is 0 Å². The second-order valence-electron chi connectivity index (χ2n) is 9.26. The van der Waals surface area contributed by atoms with Crippen molar-refractivity contribution in [3.8, 4) is 11.5 Å². The Hall–Kier alpha value is -2.59. The van der Waals surface area contributed by atoms with Gasteiger partial charge in [-0.3, -0.25) is 0 Å². The molecule has 0 aliphatic rings. The van der Waals surface area contributed by atoms with Crippen molar-refractivity contribution in [2.75, 3.05) is 18.5 Å². The normalized spacial score (nSPS) is 12.6. The standard InChI is InChI=1S/C27H39O6P/c1-5-8-15-34(16-9-6-2,17-10-7-3,25-19-21(28)12-14-24(25)29)33-27(32)23-18-20(4)11-13-22(23)26(30)31/h11-14,18-19,28-29H,5-10,15-17H2,1-4H3,(H,30,31). The fourth-order valence-corrected chi connectivity index (χ4v) is 11.3. The summed E-state index contributed by atoms with van der Waals surface area (Å²) in [5, 5.41) is 31.7. The van der Waals surface area contributed by atoms with E-state index in [4.69, 9.17) is 4.52 Å². The second kappa shape index (κ2) is 11.7. The predicted octanol–water partition coefficient (Wildman–Crippen LogP) is 6.46. The first kappa shape index (κ1) is 27.7. The number of aromatic carboxylic acids is 1. The van der Waals surface area contributed by atoms with Crippen molar-refractivity contribution in [1.82, 2.24) is 0 Å². The third-order valence-corrected chi connectivity index (χ3v) is 12.9. The Morgan fingerprint density at radius 1 is 0.824 bits per heavy atom. The van der Waals surface area contributed by atoms with Gasteiger partial charge in [0.25, 0.3) is 0 Å². The number of aryl methyl sites for hydroxylation is 1. The number of hydrogen-bond acceptors (Lipinski definition) is 5. The molecular formula is C27H39O6P. The van der Waals surface area contributed by atoms with E-state index in [-0.39, 0.29) is 22.6 Å². The molecule has 7 heteroatoms. The molecule has 0 aliphatic carbocycles. The van der Waals surface area contributed by atoms with Gasteiger partial charge in [0.05, 0.1) is 0 Å². The number of hydrogen-bond donors (Lipinski definition) is 3. The van der Waals surface area contributed by atoms with Crippen LogP contribution in [0.2, 0.25) is 0 Å². The summed E-state index contributed by atoms with van der Waals surface area (Å²) in [7, 11) is 0. The van der Waals surface area contributed by atoms with Crippen molar-refractivity contribution < 1.29 is 29.4 Å². The summed E-state index contributed by atoms with van der Waals surface area (Å²) in [5.74, 6) is -1.86. The van der Waals surface area contributed by atoms with Gasteiger partial charge in [0, 0.05) is 0 Å². The number of carbonyl (C=O) groups is 2. The van der Waals surface area contributed by atoms with Gasteiger partial charge in [0.1, 0.15) is 0 Å². The number of phenolic OH excluding ortho intramolecular Hbond substituents is 2. The summed E-state index contributed by atoms with van der Waals surface area (Å²) in [4.78, 5) is 25.7. The second-order valence-corrected chi connectivity index (χ2v) is 14.5. The maximum atomic E-state index is 13.8. The summed E-state index contributed by atoms with van der Waals surface area (Å²) in [6, 6.07) is 9.08. The van der Waals surface area contributed by atoms with Crippen LogP contribution >= 0.6 is 6.83 Å². The first-order valence-electron chi connectivity index (χ1n) is 12.2. The van der Waals surface area contributed by atoms with E-state index in [1.807, 2.05) is 0 Å². The van der Waals surface area contributed by atoms with Crippen molar-refractivity contribution >= 4 is 24.1 Å². The first-order valence-corrected chi connectivity index (χ1v) is 14.9. The van der Waals surface area contributed by atoms with E-state index in [9.17, 15) is 24.9 Å². The molecule has 0 aromatic heterocycles. The van der Waals surface area contributed by atoms with Crippen LogP contribution in [0.5, 0.6) is 11.5 Å². The van der Waals surface area contributed by atoms with E-state index in [1.165, 1.54) is 18.2 Å². The van der Waals surface area contributed by atoms with Crippen molar-refractivity contribution in [1.29, 1.82) is 0 Å². The number of benzene rings is 2. The van der Waals surface area contributed by atoms with Crippen LogP contribution in [0.25, 0.3) is 0 Å². The van der Waals surface area contributed by atoms with Crippen LogP contribution in [0.1, 0.15) is 85.6 Å². The van der Waals surface area contributed by atoms with Gasteiger partial charge in [0.2, 0.25) is 0 Å². The molecule has 0 radical (unpaired) electrons. The molecule has 2 aromatic rings. The third-order valence-electron chi connectivity index (χ3n) is 6.61. The van der Waals surface area contributed by atoms with Gasteiger partial charge in [0.15, 0.2) is 0 Å². The fourth-order valence-electron chi connectivity index (χ4n) is 4.70. The van der Waals surface area contributed by atoms with E-state index in [0.717, 1.165) is 44.1 Å². The Labute approximate surface area is 203 Å². The fraction of sp³-hybridized carbons (Fsp3) is 0.481. The van der Waals surface area contributed by atoms with Gasteiger partial charge < -0.3 is 0 Å². The van der Waals surface area contributed by atoms with Crippen LogP contribution in [0, 0.1) is 6.92 Å². The molecule has 0 aliphatic heterocycles. The minimum absolute atomic E-state index is 0.00382. The predicted molar refractivity (Wildman–Crippen MR) is 139 cm³/mol. The summed E-state index contributed by atoms with van der Waals surface area (Å²) in [5.41, 5.74) is 0.674. The molecule has 0 saturated heterocycles. The average Bonchev–Trinajstić information content (AvgIpc) is 2.81. The Balaban J connectivity index is 2.84. The molecule has 0 spiro atoms. The van der Waals surface area contributed by atoms with E-state index in [1.54, 1.807) is 25.1 Å². The Bertz CT molecular complexity index is 992. The molecule has 188 valence electrons. The summed E-state index contributed by atoms with van der Waals surface area (Å²) in [6.07, 6.45) is 6.72. The first-order chi connectivity index (χ1) is 16.1. The van der Waals surface area contributed by atoms with Gasteiger partial charge in [-0.15, -0.1) is 0 Å². The monoisotopic (exact) mass is 490 g/mol. The molecule has 0 unspecified atom stereocenters. The van der Waals surface area contributed by atoms with Crippen molar-refractivity contribution in [2.24, 2.45) is 0 Å².